The molecule has 1 unspecified atom stereocenters. The Kier molecular flexibility index (Phi) is 8.22. The van der Waals surface area contributed by atoms with Crippen LogP contribution >= 0.6 is 27.5 Å². The first kappa shape index (κ1) is 22.9. The van der Waals surface area contributed by atoms with Crippen molar-refractivity contribution in [3.63, 3.8) is 0 Å². The van der Waals surface area contributed by atoms with Gasteiger partial charge in [0.15, 0.2) is 5.82 Å². The number of carbonyl (C=O) groups is 2. The number of hydrogen-bond donors (Lipinski definition) is 3. The van der Waals surface area contributed by atoms with Crippen LogP contribution in [0.5, 0.6) is 0 Å². The molecule has 2 aromatic rings. The molecule has 1 atom stereocenters. The van der Waals surface area contributed by atoms with Crippen LogP contribution in [0, 0.1) is 0 Å². The van der Waals surface area contributed by atoms with Gasteiger partial charge in [0, 0.05) is 10.0 Å². The number of alkyl halides is 5. The molecule has 0 saturated carbocycles. The molecule has 0 spiro atoms. The van der Waals surface area contributed by atoms with Crippen molar-refractivity contribution in [2.75, 3.05) is 5.32 Å². The average Bonchev–Trinajstić information content (AvgIpc) is 2.97. The first-order valence-electron chi connectivity index (χ1n) is 7.19. The fourth-order valence-electron chi connectivity index (χ4n) is 1.84. The monoisotopic (exact) mass is 473 g/mol. The summed E-state index contributed by atoms with van der Waals surface area (Å²) in [5.41, 5.74) is 0.437. The molecule has 0 fully saturated rings. The highest BCUT2D eigenvalue weighted by Gasteiger charge is 2.38. The van der Waals surface area contributed by atoms with Gasteiger partial charge in [-0.05, 0) is 24.1 Å². The Morgan fingerprint density at radius 2 is 1.85 bits per heavy atom. The van der Waals surface area contributed by atoms with Crippen LogP contribution in [0.15, 0.2) is 28.7 Å². The number of aliphatic carboxylic acids is 1. The Hall–Kier alpha value is -2.14. The quantitative estimate of drug-likeness (QED) is 0.449. The van der Waals surface area contributed by atoms with E-state index < -0.39 is 23.7 Å². The van der Waals surface area contributed by atoms with E-state index in [1.54, 1.807) is 0 Å². The van der Waals surface area contributed by atoms with Gasteiger partial charge in [0.2, 0.25) is 0 Å². The summed E-state index contributed by atoms with van der Waals surface area (Å²) < 4.78 is 45.4. The zero-order valence-corrected chi connectivity index (χ0v) is 15.9. The molecule has 0 radical (unpaired) electrons. The van der Waals surface area contributed by atoms with Gasteiger partial charge >= 0.3 is 12.1 Å². The molecule has 1 heterocycles. The number of rotatable bonds is 4. The molecule has 1 aromatic carbocycles. The summed E-state index contributed by atoms with van der Waals surface area (Å²) in [6.45, 7) is 1.93. The van der Waals surface area contributed by atoms with Crippen molar-refractivity contribution < 1.29 is 32.3 Å². The summed E-state index contributed by atoms with van der Waals surface area (Å²) in [6, 6.07) is 7.65. The van der Waals surface area contributed by atoms with Gasteiger partial charge in [-0.1, -0.05) is 46.6 Å². The van der Waals surface area contributed by atoms with Crippen LogP contribution < -0.4 is 5.32 Å². The Labute approximate surface area is 164 Å². The maximum Gasteiger partial charge on any atom is 0.490 e. The van der Waals surface area contributed by atoms with E-state index in [2.05, 4.69) is 31.4 Å². The third-order valence-corrected chi connectivity index (χ3v) is 3.76. The lowest BCUT2D eigenvalue weighted by Gasteiger charge is -2.05. The van der Waals surface area contributed by atoms with Crippen LogP contribution in [-0.2, 0) is 16.0 Å². The van der Waals surface area contributed by atoms with Crippen LogP contribution in [0.25, 0.3) is 11.3 Å². The fourth-order valence-corrected chi connectivity index (χ4v) is 2.16. The van der Waals surface area contributed by atoms with E-state index in [1.807, 2.05) is 31.2 Å². The van der Waals surface area contributed by atoms with Crippen molar-refractivity contribution >= 4 is 45.2 Å². The Morgan fingerprint density at radius 1 is 1.33 bits per heavy atom. The van der Waals surface area contributed by atoms with Crippen molar-refractivity contribution in [1.82, 2.24) is 10.2 Å². The molecule has 27 heavy (non-hydrogen) atoms. The number of carboxylic acid groups (broad SMARTS) is 1. The number of aromatic amines is 1. The van der Waals surface area contributed by atoms with E-state index >= 15 is 0 Å². The Morgan fingerprint density at radius 3 is 2.26 bits per heavy atom. The minimum atomic E-state index is -5.08. The molecule has 0 aliphatic rings. The standard InChI is InChI=1S/C13H12BrClFN3O.C2HF3O2/c1-2-9-10(7-3-5-8(14)6-4-7)18-19-12(9)17-13(20)11(15)16;3-2(4,5)1(6)7/h3-6,11H,2H2,1H3,(H2,17,18,19,20);(H,6,7). The molecule has 12 heteroatoms. The molecule has 0 aliphatic heterocycles. The Bertz CT molecular complexity index is 795. The molecule has 0 aliphatic carbocycles. The van der Waals surface area contributed by atoms with Gasteiger partial charge in [-0.2, -0.15) is 18.3 Å². The normalized spacial score (nSPS) is 12.0. The largest absolute Gasteiger partial charge is 0.490 e. The molecular weight excluding hydrogens is 462 g/mol. The lowest BCUT2D eigenvalue weighted by atomic mass is 10.1. The van der Waals surface area contributed by atoms with E-state index in [4.69, 9.17) is 21.5 Å². The van der Waals surface area contributed by atoms with Gasteiger partial charge < -0.3 is 10.4 Å². The van der Waals surface area contributed by atoms with E-state index in [0.29, 0.717) is 12.2 Å². The number of nitrogens with one attached hydrogen (secondary N) is 2. The molecule has 148 valence electrons. The second-order valence-corrected chi connectivity index (χ2v) is 6.18. The van der Waals surface area contributed by atoms with Crippen LogP contribution in [0.4, 0.5) is 23.4 Å². The van der Waals surface area contributed by atoms with Crippen LogP contribution in [0.1, 0.15) is 12.5 Å². The smallest absolute Gasteiger partial charge is 0.475 e. The van der Waals surface area contributed by atoms with Gasteiger partial charge in [-0.3, -0.25) is 9.89 Å². The lowest BCUT2D eigenvalue weighted by molar-refractivity contribution is -0.192. The number of aromatic nitrogens is 2. The second-order valence-electron chi connectivity index (χ2n) is 4.88. The number of carbonyl (C=O) groups excluding carboxylic acids is 1. The summed E-state index contributed by atoms with van der Waals surface area (Å²) in [7, 11) is 0. The van der Waals surface area contributed by atoms with Crippen LogP contribution in [0.3, 0.4) is 0 Å². The summed E-state index contributed by atoms with van der Waals surface area (Å²) in [4.78, 5) is 20.2. The van der Waals surface area contributed by atoms with E-state index in [0.717, 1.165) is 21.3 Å². The number of nitrogens with zero attached hydrogens (tertiary/aromatic N) is 1. The number of hydrogen-bond acceptors (Lipinski definition) is 3. The van der Waals surface area contributed by atoms with E-state index in [9.17, 15) is 22.4 Å². The zero-order chi connectivity index (χ0) is 20.8. The molecule has 0 bridgehead atoms. The van der Waals surface area contributed by atoms with Crippen LogP contribution in [0.2, 0.25) is 0 Å². The van der Waals surface area contributed by atoms with Crippen molar-refractivity contribution in [2.24, 2.45) is 0 Å². The summed E-state index contributed by atoms with van der Waals surface area (Å²) in [6.07, 6.45) is -4.45. The van der Waals surface area contributed by atoms with Crippen molar-refractivity contribution in [1.29, 1.82) is 0 Å². The molecule has 1 amide bonds. The summed E-state index contributed by atoms with van der Waals surface area (Å²) >= 11 is 8.46. The number of H-pyrrole nitrogens is 1. The number of benzene rings is 1. The zero-order valence-electron chi connectivity index (χ0n) is 13.6. The molecule has 1 aromatic heterocycles. The van der Waals surface area contributed by atoms with Gasteiger partial charge in [0.1, 0.15) is 0 Å². The van der Waals surface area contributed by atoms with Gasteiger partial charge in [0.05, 0.1) is 5.69 Å². The molecule has 3 N–H and O–H groups in total. The predicted molar refractivity (Wildman–Crippen MR) is 94.2 cm³/mol. The third-order valence-electron chi connectivity index (χ3n) is 3.04. The average molecular weight is 475 g/mol. The SMILES string of the molecule is CCc1c(NC(=O)C(F)Cl)n[nH]c1-c1ccc(Br)cc1.O=C(O)C(F)(F)F. The van der Waals surface area contributed by atoms with E-state index in [-0.39, 0.29) is 0 Å². The molecule has 6 nitrogen and oxygen atoms in total. The first-order chi connectivity index (χ1) is 12.5. The van der Waals surface area contributed by atoms with E-state index in [1.165, 1.54) is 0 Å². The summed E-state index contributed by atoms with van der Waals surface area (Å²) in [5, 5.41) is 16.4. The van der Waals surface area contributed by atoms with Crippen molar-refractivity contribution in [3.05, 3.63) is 34.3 Å². The van der Waals surface area contributed by atoms with Gasteiger partial charge in [-0.15, -0.1) is 0 Å². The van der Waals surface area contributed by atoms with Crippen molar-refractivity contribution in [3.8, 4) is 11.3 Å². The minimum absolute atomic E-state index is 0.304. The number of halogens is 6. The Balaban J connectivity index is 0.000000445. The highest BCUT2D eigenvalue weighted by atomic mass is 79.9. The maximum atomic E-state index is 12.7. The highest BCUT2D eigenvalue weighted by Crippen LogP contribution is 2.28. The van der Waals surface area contributed by atoms with Gasteiger partial charge in [-0.25, -0.2) is 9.18 Å². The molecule has 2 rings (SSSR count). The molecule has 0 saturated heterocycles. The fraction of sp³-hybridized carbons (Fsp3) is 0.267. The maximum absolute atomic E-state index is 12.7. The second kappa shape index (κ2) is 9.70. The lowest BCUT2D eigenvalue weighted by Crippen LogP contribution is -2.21. The number of amides is 1. The minimum Gasteiger partial charge on any atom is -0.475 e. The number of carboxylic acids is 1. The predicted octanol–water partition coefficient (Wildman–Crippen LogP) is 4.51. The number of anilines is 1. The topological polar surface area (TPSA) is 95.1 Å². The van der Waals surface area contributed by atoms with Gasteiger partial charge in [0.25, 0.3) is 11.5 Å². The van der Waals surface area contributed by atoms with Crippen LogP contribution in [-0.4, -0.2) is 39.0 Å². The molecular formula is C15H13BrClF4N3O3. The first-order valence-corrected chi connectivity index (χ1v) is 8.42. The third kappa shape index (κ3) is 6.83. The van der Waals surface area contributed by atoms with Crippen molar-refractivity contribution in [2.45, 2.75) is 25.2 Å². The summed E-state index contributed by atoms with van der Waals surface area (Å²) in [5.74, 6) is -3.37. The highest BCUT2D eigenvalue weighted by molar-refractivity contribution is 9.10.